The monoisotopic (exact) mass is 543 g/mol. The van der Waals surface area contributed by atoms with Crippen molar-refractivity contribution in [1.29, 1.82) is 0 Å². The first-order chi connectivity index (χ1) is 18.8. The highest BCUT2D eigenvalue weighted by molar-refractivity contribution is 7.15. The molecule has 1 aliphatic carbocycles. The van der Waals surface area contributed by atoms with E-state index < -0.39 is 6.09 Å². The Morgan fingerprint density at radius 3 is 2.77 bits per heavy atom. The van der Waals surface area contributed by atoms with E-state index >= 15 is 0 Å². The normalized spacial score (nSPS) is 22.3. The molecule has 2 aliphatic rings. The fraction of sp³-hybridized carbons (Fsp3) is 0.387. The molecule has 4 aromatic rings. The van der Waals surface area contributed by atoms with E-state index in [9.17, 15) is 9.59 Å². The molecule has 6 rings (SSSR count). The zero-order valence-electron chi connectivity index (χ0n) is 22.7. The fourth-order valence-corrected chi connectivity index (χ4v) is 7.41. The van der Waals surface area contributed by atoms with Gasteiger partial charge in [-0.15, -0.1) is 11.3 Å². The molecule has 1 saturated carbocycles. The lowest BCUT2D eigenvalue weighted by atomic mass is 9.93. The summed E-state index contributed by atoms with van der Waals surface area (Å²) >= 11 is 1.55. The summed E-state index contributed by atoms with van der Waals surface area (Å²) in [6.45, 7) is 9.16. The van der Waals surface area contributed by atoms with Crippen LogP contribution in [-0.4, -0.2) is 41.0 Å². The SMILES string of the molecule is Cc1cccc(-c2sc(C)nc2C(=O)N2C[C@@H]3CC(C)C[C@@H]3[C@H]2CNC(=O)Oc2cccc3oc(C)cc23)c1. The summed E-state index contributed by atoms with van der Waals surface area (Å²) in [7, 11) is 0. The van der Waals surface area contributed by atoms with Gasteiger partial charge in [-0.3, -0.25) is 4.79 Å². The number of amides is 2. The van der Waals surface area contributed by atoms with Crippen molar-refractivity contribution in [3.05, 3.63) is 70.6 Å². The third-order valence-electron chi connectivity index (χ3n) is 8.09. The second kappa shape index (κ2) is 10.2. The lowest BCUT2D eigenvalue weighted by Crippen LogP contribution is -2.46. The average molecular weight is 544 g/mol. The minimum absolute atomic E-state index is 0.0586. The van der Waals surface area contributed by atoms with Gasteiger partial charge in [-0.05, 0) is 75.1 Å². The molecular weight excluding hydrogens is 510 g/mol. The van der Waals surface area contributed by atoms with Gasteiger partial charge in [0, 0.05) is 13.1 Å². The molecule has 2 amide bonds. The summed E-state index contributed by atoms with van der Waals surface area (Å²) in [6.07, 6.45) is 1.61. The fourth-order valence-electron chi connectivity index (χ4n) is 6.50. The Morgan fingerprint density at radius 1 is 1.13 bits per heavy atom. The number of hydrogen-bond donors (Lipinski definition) is 1. The van der Waals surface area contributed by atoms with Gasteiger partial charge in [0.1, 0.15) is 22.8 Å². The molecule has 1 N–H and O–H groups in total. The summed E-state index contributed by atoms with van der Waals surface area (Å²) in [5, 5.41) is 4.59. The molecule has 8 heteroatoms. The highest BCUT2D eigenvalue weighted by Gasteiger charge is 2.48. The van der Waals surface area contributed by atoms with Crippen LogP contribution < -0.4 is 10.1 Å². The Labute approximate surface area is 232 Å². The van der Waals surface area contributed by atoms with Crippen molar-refractivity contribution in [2.45, 2.75) is 46.6 Å². The van der Waals surface area contributed by atoms with Crippen LogP contribution in [0.4, 0.5) is 4.79 Å². The third-order valence-corrected chi connectivity index (χ3v) is 9.11. The third kappa shape index (κ3) is 4.93. The van der Waals surface area contributed by atoms with Gasteiger partial charge < -0.3 is 19.4 Å². The van der Waals surface area contributed by atoms with E-state index in [-0.39, 0.29) is 11.9 Å². The quantitative estimate of drug-likeness (QED) is 0.301. The maximum Gasteiger partial charge on any atom is 0.412 e. The van der Waals surface area contributed by atoms with Gasteiger partial charge in [-0.25, -0.2) is 9.78 Å². The summed E-state index contributed by atoms with van der Waals surface area (Å²) in [6, 6.07) is 15.4. The van der Waals surface area contributed by atoms with Crippen molar-refractivity contribution >= 4 is 34.3 Å². The number of thiazole rings is 1. The van der Waals surface area contributed by atoms with E-state index in [0.29, 0.717) is 47.9 Å². The Hall–Kier alpha value is -3.65. The number of nitrogens with zero attached hydrogens (tertiary/aromatic N) is 2. The van der Waals surface area contributed by atoms with Gasteiger partial charge in [0.2, 0.25) is 0 Å². The van der Waals surface area contributed by atoms with Crippen molar-refractivity contribution in [2.24, 2.45) is 17.8 Å². The van der Waals surface area contributed by atoms with Crippen molar-refractivity contribution < 1.29 is 18.7 Å². The van der Waals surface area contributed by atoms with Crippen LogP contribution in [0.25, 0.3) is 21.4 Å². The average Bonchev–Trinajstić information content (AvgIpc) is 3.64. The Morgan fingerprint density at radius 2 is 1.95 bits per heavy atom. The molecule has 1 saturated heterocycles. The highest BCUT2D eigenvalue weighted by atomic mass is 32.1. The zero-order valence-corrected chi connectivity index (χ0v) is 23.5. The first-order valence-corrected chi connectivity index (χ1v) is 14.4. The number of nitrogens with one attached hydrogen (secondary N) is 1. The van der Waals surface area contributed by atoms with Crippen LogP contribution in [0.3, 0.4) is 0 Å². The molecule has 0 spiro atoms. The van der Waals surface area contributed by atoms with Crippen LogP contribution in [0.1, 0.15) is 46.6 Å². The minimum Gasteiger partial charge on any atom is -0.461 e. The molecule has 1 unspecified atom stereocenters. The van der Waals surface area contributed by atoms with E-state index in [0.717, 1.165) is 45.0 Å². The number of furan rings is 1. The first kappa shape index (κ1) is 25.6. The van der Waals surface area contributed by atoms with E-state index in [1.54, 1.807) is 23.5 Å². The predicted octanol–water partition coefficient (Wildman–Crippen LogP) is 6.76. The van der Waals surface area contributed by atoms with Gasteiger partial charge in [-0.2, -0.15) is 0 Å². The number of carbonyl (C=O) groups excluding carboxylic acids is 2. The summed E-state index contributed by atoms with van der Waals surface area (Å²) in [4.78, 5) is 34.5. The lowest BCUT2D eigenvalue weighted by Gasteiger charge is -2.28. The molecule has 2 fully saturated rings. The number of hydrogen-bond acceptors (Lipinski definition) is 6. The Balaban J connectivity index is 1.23. The molecule has 202 valence electrons. The lowest BCUT2D eigenvalue weighted by molar-refractivity contribution is 0.0702. The summed E-state index contributed by atoms with van der Waals surface area (Å²) in [5.41, 5.74) is 3.34. The molecule has 7 nitrogen and oxygen atoms in total. The number of aromatic nitrogens is 1. The second-order valence-electron chi connectivity index (χ2n) is 11.1. The molecule has 2 aromatic heterocycles. The van der Waals surface area contributed by atoms with Gasteiger partial charge in [-0.1, -0.05) is 42.8 Å². The molecular formula is C31H33N3O4S. The Bertz CT molecular complexity index is 1560. The molecule has 3 heterocycles. The number of rotatable bonds is 5. The van der Waals surface area contributed by atoms with Crippen LogP contribution >= 0.6 is 11.3 Å². The first-order valence-electron chi connectivity index (χ1n) is 13.6. The van der Waals surface area contributed by atoms with Crippen LogP contribution in [0.2, 0.25) is 0 Å². The van der Waals surface area contributed by atoms with E-state index in [1.165, 1.54) is 0 Å². The largest absolute Gasteiger partial charge is 0.461 e. The number of aryl methyl sites for hydroxylation is 3. The molecule has 2 aromatic carbocycles. The number of likely N-dealkylation sites (tertiary alicyclic amines) is 1. The number of ether oxygens (including phenoxy) is 1. The molecule has 0 radical (unpaired) electrons. The van der Waals surface area contributed by atoms with Gasteiger partial charge >= 0.3 is 6.09 Å². The van der Waals surface area contributed by atoms with Crippen molar-refractivity contribution in [3.63, 3.8) is 0 Å². The van der Waals surface area contributed by atoms with Crippen LogP contribution in [0.5, 0.6) is 5.75 Å². The molecule has 39 heavy (non-hydrogen) atoms. The summed E-state index contributed by atoms with van der Waals surface area (Å²) in [5.74, 6) is 2.53. The van der Waals surface area contributed by atoms with Gasteiger partial charge in [0.05, 0.1) is 21.3 Å². The van der Waals surface area contributed by atoms with E-state index in [1.807, 2.05) is 43.0 Å². The highest BCUT2D eigenvalue weighted by Crippen LogP contribution is 2.46. The number of benzene rings is 2. The minimum atomic E-state index is -0.534. The molecule has 4 atom stereocenters. The van der Waals surface area contributed by atoms with Crippen LogP contribution in [0, 0.1) is 38.5 Å². The molecule has 1 aliphatic heterocycles. The maximum atomic E-state index is 14.1. The predicted molar refractivity (Wildman–Crippen MR) is 152 cm³/mol. The topological polar surface area (TPSA) is 84.7 Å². The van der Waals surface area contributed by atoms with E-state index in [2.05, 4.69) is 31.3 Å². The second-order valence-corrected chi connectivity index (χ2v) is 12.3. The number of fused-ring (bicyclic) bond motifs is 2. The number of carbonyl (C=O) groups is 2. The molecule has 0 bridgehead atoms. The van der Waals surface area contributed by atoms with Crippen LogP contribution in [-0.2, 0) is 0 Å². The van der Waals surface area contributed by atoms with Crippen molar-refractivity contribution in [2.75, 3.05) is 13.1 Å². The Kier molecular flexibility index (Phi) is 6.67. The summed E-state index contributed by atoms with van der Waals surface area (Å²) < 4.78 is 11.3. The van der Waals surface area contributed by atoms with Gasteiger partial charge in [0.25, 0.3) is 5.91 Å². The standard InChI is InChI=1S/C31H33N3O4S/c1-17-7-5-8-21(11-17)29-28(33-20(4)39-29)30(35)34-16-22-12-18(2)13-23(22)25(34)15-32-31(36)38-27-10-6-9-26-24(27)14-19(3)37-26/h5-11,14,18,22-23,25H,12-13,15-16H2,1-4H3,(H,32,36)/t18?,22-,23-,25+/m0/s1. The van der Waals surface area contributed by atoms with Crippen LogP contribution in [0.15, 0.2) is 52.9 Å². The maximum absolute atomic E-state index is 14.1. The van der Waals surface area contributed by atoms with E-state index in [4.69, 9.17) is 14.1 Å². The van der Waals surface area contributed by atoms with Crippen molar-refractivity contribution in [3.8, 4) is 16.2 Å². The smallest absolute Gasteiger partial charge is 0.412 e. The van der Waals surface area contributed by atoms with Crippen molar-refractivity contribution in [1.82, 2.24) is 15.2 Å². The van der Waals surface area contributed by atoms with Gasteiger partial charge in [0.15, 0.2) is 0 Å². The zero-order chi connectivity index (χ0) is 27.3.